The molecule has 2 heterocycles. The van der Waals surface area contributed by atoms with E-state index in [4.69, 9.17) is 4.98 Å². The van der Waals surface area contributed by atoms with Crippen molar-refractivity contribution in [2.75, 3.05) is 0 Å². The molecular formula is C24H23F4N3NaO2S2-. The fraction of sp³-hybridized carbons (Fsp3) is 0.375. The number of rotatable bonds is 6. The Morgan fingerprint density at radius 1 is 1.28 bits per heavy atom. The van der Waals surface area contributed by atoms with Gasteiger partial charge in [0.2, 0.25) is 5.13 Å². The van der Waals surface area contributed by atoms with Gasteiger partial charge in [0, 0.05) is 11.5 Å². The number of allylic oxidation sites excluding steroid dienone is 2. The van der Waals surface area contributed by atoms with Gasteiger partial charge in [0.1, 0.15) is 5.82 Å². The zero-order valence-corrected chi connectivity index (χ0v) is 23.8. The van der Waals surface area contributed by atoms with E-state index in [-0.39, 0.29) is 65.2 Å². The molecule has 1 aliphatic carbocycles. The van der Waals surface area contributed by atoms with Crippen LogP contribution in [0, 0.1) is 18.7 Å². The average Bonchev–Trinajstić information content (AvgIpc) is 3.33. The van der Waals surface area contributed by atoms with Crippen molar-refractivity contribution in [3.63, 3.8) is 0 Å². The second-order valence-corrected chi connectivity index (χ2v) is 11.2. The molecule has 1 aromatic carbocycles. The molecule has 1 aliphatic rings. The number of aromatic nitrogens is 3. The van der Waals surface area contributed by atoms with Gasteiger partial charge in [-0.1, -0.05) is 54.7 Å². The third-order valence-corrected chi connectivity index (χ3v) is 7.80. The number of benzene rings is 1. The van der Waals surface area contributed by atoms with Gasteiger partial charge in [-0.15, -0.1) is 17.3 Å². The van der Waals surface area contributed by atoms with Crippen molar-refractivity contribution in [1.29, 1.82) is 0 Å². The molecule has 0 aliphatic heterocycles. The number of thiazole rings is 1. The Kier molecular flexibility index (Phi) is 10.6. The fourth-order valence-corrected chi connectivity index (χ4v) is 6.48. The van der Waals surface area contributed by atoms with Crippen LogP contribution in [0.25, 0.3) is 21.8 Å². The number of nitrogens with zero attached hydrogens (tertiary/aromatic N) is 3. The maximum Gasteiger partial charge on any atom is 1.00 e. The number of alkyl halides is 3. The summed E-state index contributed by atoms with van der Waals surface area (Å²) in [5.74, 6) is -1.77. The van der Waals surface area contributed by atoms with Crippen LogP contribution in [0.3, 0.4) is 0 Å². The minimum Gasteiger partial charge on any atom is -0.870 e. The summed E-state index contributed by atoms with van der Waals surface area (Å²) in [4.78, 5) is 16.7. The van der Waals surface area contributed by atoms with Gasteiger partial charge in [0.25, 0.3) is 0 Å². The van der Waals surface area contributed by atoms with Gasteiger partial charge in [0.15, 0.2) is 0 Å². The molecule has 188 valence electrons. The van der Waals surface area contributed by atoms with Crippen LogP contribution in [0.2, 0.25) is 0 Å². The maximum absolute atomic E-state index is 13.8. The van der Waals surface area contributed by atoms with Crippen LogP contribution in [-0.4, -0.2) is 38.0 Å². The summed E-state index contributed by atoms with van der Waals surface area (Å²) < 4.78 is 55.4. The Labute approximate surface area is 237 Å². The molecule has 0 fully saturated rings. The quantitative estimate of drug-likeness (QED) is 0.202. The predicted octanol–water partition coefficient (Wildman–Crippen LogP) is 3.97. The molecule has 0 bridgehead atoms. The first kappa shape index (κ1) is 30.7. The van der Waals surface area contributed by atoms with Crippen LogP contribution in [0.15, 0.2) is 34.6 Å². The van der Waals surface area contributed by atoms with Crippen molar-refractivity contribution in [3.05, 3.63) is 53.2 Å². The minimum atomic E-state index is -4.21. The van der Waals surface area contributed by atoms with Gasteiger partial charge < -0.3 is 10.3 Å². The monoisotopic (exact) mass is 548 g/mol. The summed E-state index contributed by atoms with van der Waals surface area (Å²) >= 11 is 2.89. The Bertz CT molecular complexity index is 1250. The van der Waals surface area contributed by atoms with Crippen molar-refractivity contribution in [3.8, 4) is 16.3 Å². The van der Waals surface area contributed by atoms with Crippen molar-refractivity contribution in [1.82, 2.24) is 14.8 Å². The van der Waals surface area contributed by atoms with Crippen LogP contribution in [-0.2, 0) is 4.79 Å². The topological polar surface area (TPSA) is 77.8 Å². The first-order valence-electron chi connectivity index (χ1n) is 10.8. The van der Waals surface area contributed by atoms with Gasteiger partial charge in [-0.2, -0.15) is 18.3 Å². The Balaban J connectivity index is 0.00000228. The van der Waals surface area contributed by atoms with E-state index in [9.17, 15) is 22.4 Å². The Morgan fingerprint density at radius 3 is 2.56 bits per heavy atom. The zero-order valence-electron chi connectivity index (χ0n) is 20.2. The molecule has 12 heteroatoms. The van der Waals surface area contributed by atoms with E-state index >= 15 is 0 Å². The van der Waals surface area contributed by atoms with E-state index in [0.717, 1.165) is 9.78 Å². The molecule has 1 N–H and O–H groups in total. The van der Waals surface area contributed by atoms with Crippen LogP contribution in [0.5, 0.6) is 0 Å². The maximum atomic E-state index is 13.8. The van der Waals surface area contributed by atoms with Crippen molar-refractivity contribution in [2.45, 2.75) is 55.7 Å². The van der Waals surface area contributed by atoms with E-state index in [0.29, 0.717) is 27.6 Å². The number of hydrogen-bond acceptors (Lipinski definition) is 6. The van der Waals surface area contributed by atoms with Gasteiger partial charge in [-0.3, -0.25) is 0 Å². The van der Waals surface area contributed by atoms with E-state index < -0.39 is 17.9 Å². The number of hydrogen-bond donors (Lipinski definition) is 0. The van der Waals surface area contributed by atoms with Crippen LogP contribution in [0.1, 0.15) is 50.2 Å². The second-order valence-electron chi connectivity index (χ2n) is 8.37. The van der Waals surface area contributed by atoms with Crippen LogP contribution >= 0.6 is 23.1 Å². The normalized spacial score (nSPS) is 15.8. The molecule has 36 heavy (non-hydrogen) atoms. The second kappa shape index (κ2) is 12.4. The number of thioether (sulfide) groups is 1. The molecule has 1 unspecified atom stereocenters. The molecule has 1 atom stereocenters. The fourth-order valence-electron chi connectivity index (χ4n) is 3.98. The summed E-state index contributed by atoms with van der Waals surface area (Å²) in [7, 11) is 0. The first-order valence-corrected chi connectivity index (χ1v) is 12.5. The summed E-state index contributed by atoms with van der Waals surface area (Å²) in [5.41, 5.74) is 3.02. The first-order chi connectivity index (χ1) is 16.1. The molecule has 0 spiro atoms. The predicted molar refractivity (Wildman–Crippen MR) is 128 cm³/mol. The summed E-state index contributed by atoms with van der Waals surface area (Å²) in [6, 6.07) is 5.89. The van der Waals surface area contributed by atoms with Gasteiger partial charge in [0.05, 0.1) is 15.8 Å². The summed E-state index contributed by atoms with van der Waals surface area (Å²) in [6.07, 6.45) is -0.437. The summed E-state index contributed by atoms with van der Waals surface area (Å²) in [6.45, 7) is 5.76. The van der Waals surface area contributed by atoms with E-state index in [1.165, 1.54) is 28.2 Å². The molecule has 5 nitrogen and oxygen atoms in total. The van der Waals surface area contributed by atoms with Gasteiger partial charge in [-0.25, -0.2) is 14.1 Å². The zero-order chi connectivity index (χ0) is 24.6. The molecule has 3 aromatic rings. The third kappa shape index (κ3) is 6.49. The van der Waals surface area contributed by atoms with Crippen molar-refractivity contribution >= 4 is 35.0 Å². The smallest absolute Gasteiger partial charge is 0.870 e. The SMILES string of the molecule is Cc1nn(-c2nc(C3=CCC(C(F)(F)F)CC3)c(SC(C)C)s2)c([C-]=O)c1-c1cccc(F)c1.[Na+].[OH-]. The number of aryl methyl sites for hydroxylation is 1. The van der Waals surface area contributed by atoms with E-state index in [1.807, 2.05) is 20.1 Å². The Morgan fingerprint density at radius 2 is 2.00 bits per heavy atom. The van der Waals surface area contributed by atoms with Crippen molar-refractivity contribution in [2.24, 2.45) is 5.92 Å². The molecule has 0 amide bonds. The average molecular weight is 549 g/mol. The number of halogens is 4. The standard InChI is InChI=1S/C24H22F4N3OS2.Na.H2O/c1-13(2)33-22-21(15-7-9-17(10-8-15)24(26,27)28)29-23(34-22)31-19(12-32)20(14(3)30-31)16-5-4-6-18(25)11-16;;/h4-7,11,13,17H,8-10H2,1-3H3;;1H2/q-1;+1;/p-1. The van der Waals surface area contributed by atoms with Crippen LogP contribution < -0.4 is 29.6 Å². The Hall–Kier alpha value is -1.50. The van der Waals surface area contributed by atoms with Crippen LogP contribution in [0.4, 0.5) is 17.6 Å². The largest absolute Gasteiger partial charge is 1.00 e. The number of carbonyl (C=O) groups excluding carboxylic acids is 1. The van der Waals surface area contributed by atoms with E-state index in [1.54, 1.807) is 36.9 Å². The third-order valence-electron chi connectivity index (χ3n) is 5.56. The van der Waals surface area contributed by atoms with Gasteiger partial charge in [-0.05, 0) is 49.6 Å². The molecule has 0 saturated carbocycles. The summed E-state index contributed by atoms with van der Waals surface area (Å²) in [5, 5.41) is 5.12. The molecule has 2 aromatic heterocycles. The van der Waals surface area contributed by atoms with Gasteiger partial charge >= 0.3 is 35.7 Å². The molecular weight excluding hydrogens is 525 g/mol. The molecule has 4 rings (SSSR count). The van der Waals surface area contributed by atoms with E-state index in [2.05, 4.69) is 5.10 Å². The molecule has 0 saturated heterocycles. The minimum absolute atomic E-state index is 0. The molecule has 0 radical (unpaired) electrons. The van der Waals surface area contributed by atoms with Crippen molar-refractivity contribution < 1.29 is 57.4 Å².